The molecular formula is C14H18N2O4. The lowest BCUT2D eigenvalue weighted by Crippen LogP contribution is -2.28. The number of aldehydes is 1. The summed E-state index contributed by atoms with van der Waals surface area (Å²) in [6, 6.07) is 4.49. The Morgan fingerprint density at radius 2 is 2.15 bits per heavy atom. The highest BCUT2D eigenvalue weighted by molar-refractivity contribution is 5.79. The molecule has 108 valence electrons. The van der Waals surface area contributed by atoms with E-state index >= 15 is 0 Å². The number of carbonyl (C=O) groups is 1. The van der Waals surface area contributed by atoms with Crippen LogP contribution in [0.5, 0.6) is 0 Å². The second-order valence-electron chi connectivity index (χ2n) is 5.46. The molecule has 6 heteroatoms. The first kappa shape index (κ1) is 14.5. The zero-order valence-electron chi connectivity index (χ0n) is 11.4. The van der Waals surface area contributed by atoms with Crippen molar-refractivity contribution in [2.45, 2.75) is 31.8 Å². The lowest BCUT2D eigenvalue weighted by molar-refractivity contribution is -0.384. The van der Waals surface area contributed by atoms with Gasteiger partial charge in [-0.1, -0.05) is 0 Å². The summed E-state index contributed by atoms with van der Waals surface area (Å²) in [4.78, 5) is 23.3. The summed E-state index contributed by atoms with van der Waals surface area (Å²) in [6.07, 6.45) is 2.63. The molecule has 1 N–H and O–H groups in total. The predicted octanol–water partition coefficient (Wildman–Crippen LogP) is 2.15. The van der Waals surface area contributed by atoms with E-state index in [4.69, 9.17) is 0 Å². The standard InChI is InChI=1S/C14H18N2O4/c1-14(18)5-2-7-15(8-6-14)12-4-3-11(10-17)9-13(12)16(19)20/h3-4,9-10,18H,2,5-8H2,1H3. The Kier molecular flexibility index (Phi) is 4.04. The average Bonchev–Trinajstić information content (AvgIpc) is 2.59. The van der Waals surface area contributed by atoms with Crippen molar-refractivity contribution in [3.63, 3.8) is 0 Å². The molecule has 0 saturated carbocycles. The Labute approximate surface area is 117 Å². The fourth-order valence-corrected chi connectivity index (χ4v) is 2.53. The minimum atomic E-state index is -0.716. The number of nitro groups is 1. The van der Waals surface area contributed by atoms with Crippen LogP contribution in [0.1, 0.15) is 36.5 Å². The summed E-state index contributed by atoms with van der Waals surface area (Å²) in [5, 5.41) is 21.2. The number of benzene rings is 1. The third-order valence-electron chi connectivity index (χ3n) is 3.74. The Morgan fingerprint density at radius 3 is 2.80 bits per heavy atom. The minimum Gasteiger partial charge on any atom is -0.390 e. The number of carbonyl (C=O) groups excluding carboxylic acids is 1. The van der Waals surface area contributed by atoms with Gasteiger partial charge in [-0.15, -0.1) is 0 Å². The van der Waals surface area contributed by atoms with Crippen molar-refractivity contribution in [2.75, 3.05) is 18.0 Å². The van der Waals surface area contributed by atoms with E-state index in [1.54, 1.807) is 19.1 Å². The second-order valence-corrected chi connectivity index (χ2v) is 5.46. The number of nitro benzene ring substituents is 1. The van der Waals surface area contributed by atoms with Crippen LogP contribution in [0, 0.1) is 10.1 Å². The van der Waals surface area contributed by atoms with Gasteiger partial charge in [0.25, 0.3) is 5.69 Å². The zero-order chi connectivity index (χ0) is 14.8. The van der Waals surface area contributed by atoms with Crippen LogP contribution in [-0.4, -0.2) is 35.0 Å². The summed E-state index contributed by atoms with van der Waals surface area (Å²) >= 11 is 0. The van der Waals surface area contributed by atoms with E-state index in [0.717, 1.165) is 6.42 Å². The molecule has 0 amide bonds. The van der Waals surface area contributed by atoms with E-state index in [-0.39, 0.29) is 5.69 Å². The van der Waals surface area contributed by atoms with Gasteiger partial charge in [0.15, 0.2) is 0 Å². The van der Waals surface area contributed by atoms with Crippen molar-refractivity contribution in [2.24, 2.45) is 0 Å². The van der Waals surface area contributed by atoms with Crippen LogP contribution in [0.25, 0.3) is 0 Å². The molecule has 1 fully saturated rings. The molecule has 0 radical (unpaired) electrons. The molecular weight excluding hydrogens is 260 g/mol. The molecule has 2 rings (SSSR count). The lowest BCUT2D eigenvalue weighted by Gasteiger charge is -2.24. The van der Waals surface area contributed by atoms with Crippen molar-refractivity contribution in [3.05, 3.63) is 33.9 Å². The maximum Gasteiger partial charge on any atom is 0.293 e. The van der Waals surface area contributed by atoms with E-state index in [9.17, 15) is 20.0 Å². The first-order valence-corrected chi connectivity index (χ1v) is 6.64. The van der Waals surface area contributed by atoms with Crippen LogP contribution >= 0.6 is 0 Å². The summed E-state index contributed by atoms with van der Waals surface area (Å²) in [7, 11) is 0. The molecule has 1 saturated heterocycles. The van der Waals surface area contributed by atoms with Crippen molar-refractivity contribution in [1.82, 2.24) is 0 Å². The molecule has 1 aromatic rings. The van der Waals surface area contributed by atoms with Crippen LogP contribution in [0.15, 0.2) is 18.2 Å². The van der Waals surface area contributed by atoms with Gasteiger partial charge in [-0.05, 0) is 38.3 Å². The van der Waals surface area contributed by atoms with Gasteiger partial charge in [0.1, 0.15) is 12.0 Å². The van der Waals surface area contributed by atoms with E-state index in [0.29, 0.717) is 43.5 Å². The van der Waals surface area contributed by atoms with Crippen molar-refractivity contribution in [3.8, 4) is 0 Å². The molecule has 0 aromatic heterocycles. The monoisotopic (exact) mass is 278 g/mol. The van der Waals surface area contributed by atoms with Gasteiger partial charge in [0.2, 0.25) is 0 Å². The summed E-state index contributed by atoms with van der Waals surface area (Å²) in [5.41, 5.74) is 0.0309. The summed E-state index contributed by atoms with van der Waals surface area (Å²) in [6.45, 7) is 3.02. The summed E-state index contributed by atoms with van der Waals surface area (Å²) < 4.78 is 0. The quantitative estimate of drug-likeness (QED) is 0.520. The molecule has 1 unspecified atom stereocenters. The highest BCUT2D eigenvalue weighted by Crippen LogP contribution is 2.32. The average molecular weight is 278 g/mol. The first-order valence-electron chi connectivity index (χ1n) is 6.64. The van der Waals surface area contributed by atoms with E-state index in [1.807, 2.05) is 4.90 Å². The normalized spacial score (nSPS) is 23.2. The lowest BCUT2D eigenvalue weighted by atomic mass is 9.98. The number of hydrogen-bond acceptors (Lipinski definition) is 5. The molecule has 1 atom stereocenters. The topological polar surface area (TPSA) is 83.7 Å². The van der Waals surface area contributed by atoms with Gasteiger partial charge in [0, 0.05) is 24.7 Å². The number of nitrogens with zero attached hydrogens (tertiary/aromatic N) is 2. The van der Waals surface area contributed by atoms with Crippen LogP contribution in [0.3, 0.4) is 0 Å². The number of hydrogen-bond donors (Lipinski definition) is 1. The van der Waals surface area contributed by atoms with Crippen LogP contribution in [0.4, 0.5) is 11.4 Å². The molecule has 20 heavy (non-hydrogen) atoms. The number of rotatable bonds is 3. The van der Waals surface area contributed by atoms with Gasteiger partial charge < -0.3 is 10.0 Å². The Hall–Kier alpha value is -1.95. The Bertz CT molecular complexity index is 528. The molecule has 1 aromatic carbocycles. The Balaban J connectivity index is 2.32. The molecule has 0 spiro atoms. The van der Waals surface area contributed by atoms with Gasteiger partial charge in [-0.25, -0.2) is 0 Å². The van der Waals surface area contributed by atoms with Gasteiger partial charge in [-0.3, -0.25) is 14.9 Å². The maximum atomic E-state index is 11.2. The Morgan fingerprint density at radius 1 is 1.40 bits per heavy atom. The van der Waals surface area contributed by atoms with Crippen LogP contribution in [0.2, 0.25) is 0 Å². The van der Waals surface area contributed by atoms with Gasteiger partial charge in [-0.2, -0.15) is 0 Å². The van der Waals surface area contributed by atoms with Crippen molar-refractivity contribution >= 4 is 17.7 Å². The molecule has 0 bridgehead atoms. The van der Waals surface area contributed by atoms with Crippen molar-refractivity contribution < 1.29 is 14.8 Å². The van der Waals surface area contributed by atoms with Crippen molar-refractivity contribution in [1.29, 1.82) is 0 Å². The second kappa shape index (κ2) is 5.58. The zero-order valence-corrected chi connectivity index (χ0v) is 11.4. The molecule has 1 aliphatic rings. The smallest absolute Gasteiger partial charge is 0.293 e. The number of anilines is 1. The molecule has 6 nitrogen and oxygen atoms in total. The fourth-order valence-electron chi connectivity index (χ4n) is 2.53. The third-order valence-corrected chi connectivity index (χ3v) is 3.74. The molecule has 0 aliphatic carbocycles. The van der Waals surface area contributed by atoms with E-state index in [2.05, 4.69) is 0 Å². The van der Waals surface area contributed by atoms with Crippen LogP contribution in [-0.2, 0) is 0 Å². The van der Waals surface area contributed by atoms with E-state index in [1.165, 1.54) is 6.07 Å². The maximum absolute atomic E-state index is 11.2. The largest absolute Gasteiger partial charge is 0.390 e. The minimum absolute atomic E-state index is 0.0591. The van der Waals surface area contributed by atoms with E-state index < -0.39 is 10.5 Å². The highest BCUT2D eigenvalue weighted by Gasteiger charge is 2.28. The summed E-state index contributed by atoms with van der Waals surface area (Å²) in [5.74, 6) is 0. The highest BCUT2D eigenvalue weighted by atomic mass is 16.6. The number of aliphatic hydroxyl groups is 1. The third kappa shape index (κ3) is 3.14. The fraction of sp³-hybridized carbons (Fsp3) is 0.500. The van der Waals surface area contributed by atoms with Crippen LogP contribution < -0.4 is 4.90 Å². The molecule has 1 heterocycles. The molecule has 1 aliphatic heterocycles. The first-order chi connectivity index (χ1) is 9.43. The SMILES string of the molecule is CC1(O)CCCN(c2ccc(C=O)cc2[N+](=O)[O-])CC1. The van der Waals surface area contributed by atoms with Gasteiger partial charge in [0.05, 0.1) is 10.5 Å². The van der Waals surface area contributed by atoms with Gasteiger partial charge >= 0.3 is 0 Å². The predicted molar refractivity (Wildman–Crippen MR) is 75.2 cm³/mol.